The molecule has 1 unspecified atom stereocenters. The second-order valence-corrected chi connectivity index (χ2v) is 11.6. The molecule has 0 bridgehead atoms. The van der Waals surface area contributed by atoms with Crippen LogP contribution in [-0.4, -0.2) is 40.1 Å². The van der Waals surface area contributed by atoms with Gasteiger partial charge in [-0.05, 0) is 25.2 Å². The highest BCUT2D eigenvalue weighted by Crippen LogP contribution is 2.38. The van der Waals surface area contributed by atoms with Crippen LogP contribution < -0.4 is 5.73 Å². The van der Waals surface area contributed by atoms with Crippen molar-refractivity contribution in [1.29, 1.82) is 0 Å². The molecule has 3 N–H and O–H groups in total. The van der Waals surface area contributed by atoms with Gasteiger partial charge in [-0.2, -0.15) is 11.8 Å². The van der Waals surface area contributed by atoms with E-state index in [9.17, 15) is 19.5 Å². The second kappa shape index (κ2) is 19.9. The lowest BCUT2D eigenvalue weighted by atomic mass is 9.81. The van der Waals surface area contributed by atoms with Crippen molar-refractivity contribution in [2.24, 2.45) is 17.6 Å². The zero-order chi connectivity index (χ0) is 25.9. The number of nitrogens with two attached hydrogens (primary N) is 1. The predicted octanol–water partition coefficient (Wildman–Crippen LogP) is 6.88. The standard InChI is InChI=1S/C28H51NO5S/c1-3-5-7-9-10-11-12-13-14-16-22(25(21-27(31)32)35-19-18-26(29)30)20-24-23(28(33)34-24)17-15-8-6-4-2/h22-25H,3-21H2,1-2H3,(H2,29,30)(H,31,32)/t22?,23-,24-,25-/m0/s1. The number of carbonyl (C=O) groups is 3. The predicted molar refractivity (Wildman–Crippen MR) is 144 cm³/mol. The Kier molecular flexibility index (Phi) is 18.1. The van der Waals surface area contributed by atoms with E-state index < -0.39 is 5.97 Å². The van der Waals surface area contributed by atoms with Gasteiger partial charge in [0, 0.05) is 17.4 Å². The first kappa shape index (κ1) is 31.8. The first-order valence-electron chi connectivity index (χ1n) is 14.2. The van der Waals surface area contributed by atoms with Crippen LogP contribution in [0.3, 0.4) is 0 Å². The van der Waals surface area contributed by atoms with Crippen LogP contribution in [0.4, 0.5) is 0 Å². The molecule has 1 heterocycles. The number of carboxylic acid groups (broad SMARTS) is 1. The minimum atomic E-state index is -0.819. The van der Waals surface area contributed by atoms with Crippen molar-refractivity contribution in [3.63, 3.8) is 0 Å². The van der Waals surface area contributed by atoms with Gasteiger partial charge in [0.1, 0.15) is 6.10 Å². The average molecular weight is 514 g/mol. The van der Waals surface area contributed by atoms with Gasteiger partial charge < -0.3 is 15.6 Å². The monoisotopic (exact) mass is 513 g/mol. The van der Waals surface area contributed by atoms with Crippen molar-refractivity contribution in [1.82, 2.24) is 0 Å². The van der Waals surface area contributed by atoms with Crippen LogP contribution in [0.25, 0.3) is 0 Å². The number of hydrogen-bond donors (Lipinski definition) is 2. The number of rotatable bonds is 24. The number of carboxylic acids is 1. The fourth-order valence-electron chi connectivity index (χ4n) is 5.02. The number of amides is 1. The summed E-state index contributed by atoms with van der Waals surface area (Å²) < 4.78 is 5.56. The summed E-state index contributed by atoms with van der Waals surface area (Å²) >= 11 is 1.55. The van der Waals surface area contributed by atoms with Crippen molar-refractivity contribution in [3.8, 4) is 0 Å². The number of hydrogen-bond acceptors (Lipinski definition) is 5. The Bertz CT molecular complexity index is 600. The van der Waals surface area contributed by atoms with Crippen molar-refractivity contribution in [2.75, 3.05) is 5.75 Å². The maximum absolute atomic E-state index is 12.1. The summed E-state index contributed by atoms with van der Waals surface area (Å²) in [5, 5.41) is 9.45. The summed E-state index contributed by atoms with van der Waals surface area (Å²) in [4.78, 5) is 35.0. The van der Waals surface area contributed by atoms with E-state index in [2.05, 4.69) is 13.8 Å². The molecule has 7 heteroatoms. The Balaban J connectivity index is 2.64. The lowest BCUT2D eigenvalue weighted by molar-refractivity contribution is -0.187. The van der Waals surface area contributed by atoms with Crippen LogP contribution in [0.1, 0.15) is 129 Å². The number of aliphatic carboxylic acids is 1. The van der Waals surface area contributed by atoms with E-state index in [1.54, 1.807) is 11.8 Å². The Morgan fingerprint density at radius 3 is 2.06 bits per heavy atom. The lowest BCUT2D eigenvalue weighted by Crippen LogP contribution is -2.47. The smallest absolute Gasteiger partial charge is 0.313 e. The summed E-state index contributed by atoms with van der Waals surface area (Å²) in [7, 11) is 0. The Morgan fingerprint density at radius 1 is 0.943 bits per heavy atom. The zero-order valence-electron chi connectivity index (χ0n) is 22.3. The van der Waals surface area contributed by atoms with Crippen LogP contribution in [0, 0.1) is 11.8 Å². The third kappa shape index (κ3) is 14.8. The number of primary amides is 1. The second-order valence-electron chi connectivity index (χ2n) is 10.3. The first-order valence-corrected chi connectivity index (χ1v) is 15.3. The molecule has 204 valence electrons. The van der Waals surface area contributed by atoms with E-state index in [1.807, 2.05) is 0 Å². The molecule has 0 aliphatic carbocycles. The van der Waals surface area contributed by atoms with E-state index >= 15 is 0 Å². The van der Waals surface area contributed by atoms with Crippen molar-refractivity contribution in [2.45, 2.75) is 141 Å². The summed E-state index contributed by atoms with van der Waals surface area (Å²) in [6, 6.07) is 0. The molecule has 1 aliphatic rings. The highest BCUT2D eigenvalue weighted by atomic mass is 32.2. The van der Waals surface area contributed by atoms with E-state index in [1.165, 1.54) is 57.8 Å². The Morgan fingerprint density at radius 2 is 1.51 bits per heavy atom. The van der Waals surface area contributed by atoms with Crippen LogP contribution in [0.2, 0.25) is 0 Å². The lowest BCUT2D eigenvalue weighted by Gasteiger charge is -2.39. The molecule has 6 nitrogen and oxygen atoms in total. The number of cyclic esters (lactones) is 1. The van der Waals surface area contributed by atoms with Crippen molar-refractivity contribution >= 4 is 29.6 Å². The summed E-state index contributed by atoms with van der Waals surface area (Å²) in [5.74, 6) is -0.623. The van der Waals surface area contributed by atoms with Crippen LogP contribution >= 0.6 is 11.8 Å². The van der Waals surface area contributed by atoms with Gasteiger partial charge >= 0.3 is 11.9 Å². The summed E-state index contributed by atoms with van der Waals surface area (Å²) in [5.41, 5.74) is 5.31. The van der Waals surface area contributed by atoms with E-state index in [4.69, 9.17) is 10.5 Å². The Hall–Kier alpha value is -1.24. The van der Waals surface area contributed by atoms with Gasteiger partial charge in [-0.1, -0.05) is 97.3 Å². The largest absolute Gasteiger partial charge is 0.481 e. The highest BCUT2D eigenvalue weighted by Gasteiger charge is 2.43. The van der Waals surface area contributed by atoms with Gasteiger partial charge in [0.2, 0.25) is 5.91 Å². The van der Waals surface area contributed by atoms with E-state index in [0.717, 1.165) is 44.9 Å². The molecule has 0 aromatic rings. The SMILES string of the molecule is CCCCCCCCCCCC(C[C@@H]1OC(=O)[C@H]1CCCCCC)[C@H](CC(=O)O)SCCC(N)=O. The minimum absolute atomic E-state index is 0.0430. The van der Waals surface area contributed by atoms with Gasteiger partial charge in [0.05, 0.1) is 12.3 Å². The molecule has 0 spiro atoms. The number of unbranched alkanes of at least 4 members (excludes halogenated alkanes) is 11. The summed E-state index contributed by atoms with van der Waals surface area (Å²) in [6.07, 6.45) is 18.5. The van der Waals surface area contributed by atoms with Crippen molar-refractivity contribution < 1.29 is 24.2 Å². The third-order valence-corrected chi connectivity index (χ3v) is 8.60. The minimum Gasteiger partial charge on any atom is -0.481 e. The fourth-order valence-corrected chi connectivity index (χ4v) is 6.42. The highest BCUT2D eigenvalue weighted by molar-refractivity contribution is 7.99. The molecule has 1 saturated heterocycles. The molecule has 1 fully saturated rings. The molecule has 35 heavy (non-hydrogen) atoms. The first-order chi connectivity index (χ1) is 16.9. The van der Waals surface area contributed by atoms with Gasteiger partial charge in [-0.3, -0.25) is 14.4 Å². The summed E-state index contributed by atoms with van der Waals surface area (Å²) in [6.45, 7) is 4.41. The van der Waals surface area contributed by atoms with Crippen LogP contribution in [0.5, 0.6) is 0 Å². The molecule has 0 saturated carbocycles. The fraction of sp³-hybridized carbons (Fsp3) is 0.893. The Labute approximate surface area is 217 Å². The molecule has 4 atom stereocenters. The molecular formula is C28H51NO5S. The maximum atomic E-state index is 12.1. The van der Waals surface area contributed by atoms with E-state index in [-0.39, 0.29) is 47.9 Å². The maximum Gasteiger partial charge on any atom is 0.313 e. The number of carbonyl (C=O) groups excluding carboxylic acids is 2. The van der Waals surface area contributed by atoms with E-state index in [0.29, 0.717) is 5.75 Å². The molecule has 0 radical (unpaired) electrons. The molecule has 1 rings (SSSR count). The average Bonchev–Trinajstić information content (AvgIpc) is 2.80. The quantitative estimate of drug-likeness (QED) is 0.108. The molecule has 1 aliphatic heterocycles. The number of ether oxygens (including phenoxy) is 1. The topological polar surface area (TPSA) is 107 Å². The molecule has 1 amide bonds. The van der Waals surface area contributed by atoms with Crippen LogP contribution in [0.15, 0.2) is 0 Å². The molecule has 0 aromatic heterocycles. The van der Waals surface area contributed by atoms with Gasteiger partial charge in [0.25, 0.3) is 0 Å². The normalized spacial score (nSPS) is 19.1. The molecule has 0 aromatic carbocycles. The third-order valence-electron chi connectivity index (χ3n) is 7.18. The zero-order valence-corrected chi connectivity index (χ0v) is 23.1. The van der Waals surface area contributed by atoms with Crippen molar-refractivity contribution in [3.05, 3.63) is 0 Å². The molecular weight excluding hydrogens is 462 g/mol. The number of esters is 1. The van der Waals surface area contributed by atoms with Gasteiger partial charge in [0.15, 0.2) is 0 Å². The van der Waals surface area contributed by atoms with Gasteiger partial charge in [-0.25, -0.2) is 0 Å². The van der Waals surface area contributed by atoms with Gasteiger partial charge in [-0.15, -0.1) is 0 Å². The number of thioether (sulfide) groups is 1. The van der Waals surface area contributed by atoms with Crippen LogP contribution in [-0.2, 0) is 19.1 Å².